The number of H-pyrrole nitrogens is 1. The van der Waals surface area contributed by atoms with Crippen LogP contribution in [0, 0.1) is 18.8 Å². The standard InChI is InChI=1S/C22H27N7O4/c1-13-16(8-23-29(13)20-24-18(30)17-6-5-7-28(17)25-20)19(31)26-9-14-11-27(12-15(14)10-26)21(32)33-22(2,3)4/h5-8,14-15H,9-12H2,1-4H3,(H,24,25,30). The molecule has 33 heavy (non-hydrogen) atoms. The van der Waals surface area contributed by atoms with Gasteiger partial charge < -0.3 is 14.5 Å². The molecule has 2 aliphatic heterocycles. The number of nitrogens with one attached hydrogen (secondary N) is 1. The van der Waals surface area contributed by atoms with E-state index in [1.807, 2.05) is 25.7 Å². The number of aromatic nitrogens is 5. The lowest BCUT2D eigenvalue weighted by Crippen LogP contribution is -2.38. The molecule has 0 aliphatic carbocycles. The number of fused-ring (bicyclic) bond motifs is 2. The van der Waals surface area contributed by atoms with Gasteiger partial charge in [0.05, 0.1) is 17.5 Å². The fraction of sp³-hybridized carbons (Fsp3) is 0.500. The van der Waals surface area contributed by atoms with Gasteiger partial charge in [0.2, 0.25) is 5.95 Å². The second-order valence-electron chi connectivity index (χ2n) is 9.79. The highest BCUT2D eigenvalue weighted by atomic mass is 16.6. The zero-order chi connectivity index (χ0) is 23.5. The monoisotopic (exact) mass is 453 g/mol. The van der Waals surface area contributed by atoms with Crippen LogP contribution in [0.2, 0.25) is 0 Å². The lowest BCUT2D eigenvalue weighted by atomic mass is 10.0. The van der Waals surface area contributed by atoms with Gasteiger partial charge in [-0.05, 0) is 39.8 Å². The maximum Gasteiger partial charge on any atom is 0.410 e. The van der Waals surface area contributed by atoms with Crippen molar-refractivity contribution >= 4 is 17.5 Å². The van der Waals surface area contributed by atoms with Gasteiger partial charge in [-0.15, -0.1) is 5.10 Å². The number of carbonyl (C=O) groups is 2. The first-order chi connectivity index (χ1) is 15.6. The molecule has 3 aromatic rings. The summed E-state index contributed by atoms with van der Waals surface area (Å²) in [5.74, 6) is 0.588. The minimum absolute atomic E-state index is 0.110. The first-order valence-corrected chi connectivity index (χ1v) is 11.0. The third-order valence-corrected chi connectivity index (χ3v) is 6.25. The molecule has 2 atom stereocenters. The molecule has 0 radical (unpaired) electrons. The largest absolute Gasteiger partial charge is 0.444 e. The van der Waals surface area contributed by atoms with E-state index in [1.165, 1.54) is 15.4 Å². The van der Waals surface area contributed by atoms with Gasteiger partial charge in [0.1, 0.15) is 11.1 Å². The summed E-state index contributed by atoms with van der Waals surface area (Å²) in [5, 5.41) is 8.69. The Kier molecular flexibility index (Phi) is 4.80. The molecule has 3 aromatic heterocycles. The Morgan fingerprint density at radius 2 is 1.79 bits per heavy atom. The van der Waals surface area contributed by atoms with Crippen LogP contribution in [0.15, 0.2) is 29.3 Å². The molecule has 11 heteroatoms. The molecule has 2 unspecified atom stereocenters. The lowest BCUT2D eigenvalue weighted by Gasteiger charge is -2.26. The van der Waals surface area contributed by atoms with Gasteiger partial charge in [-0.25, -0.2) is 14.0 Å². The molecule has 2 aliphatic rings. The van der Waals surface area contributed by atoms with Gasteiger partial charge in [-0.1, -0.05) is 0 Å². The molecule has 5 rings (SSSR count). The van der Waals surface area contributed by atoms with Crippen LogP contribution >= 0.6 is 0 Å². The molecule has 0 spiro atoms. The van der Waals surface area contributed by atoms with Crippen LogP contribution in [0.1, 0.15) is 36.8 Å². The SMILES string of the molecule is Cc1c(C(=O)N2CC3CN(C(=O)OC(C)(C)C)CC3C2)cnn1-c1nn2cccc2c(=O)[nH]1. The van der Waals surface area contributed by atoms with Crippen LogP contribution in [0.3, 0.4) is 0 Å². The van der Waals surface area contributed by atoms with E-state index in [0.29, 0.717) is 43.0 Å². The molecule has 11 nitrogen and oxygen atoms in total. The van der Waals surface area contributed by atoms with Gasteiger partial charge in [0.15, 0.2) is 0 Å². The maximum atomic E-state index is 13.3. The van der Waals surface area contributed by atoms with Crippen molar-refractivity contribution in [3.8, 4) is 5.95 Å². The minimum Gasteiger partial charge on any atom is -0.444 e. The number of likely N-dealkylation sites (tertiary alicyclic amines) is 2. The lowest BCUT2D eigenvalue weighted by molar-refractivity contribution is 0.0275. The van der Waals surface area contributed by atoms with Gasteiger partial charge >= 0.3 is 6.09 Å². The average Bonchev–Trinajstić information content (AvgIpc) is 3.48. The average molecular weight is 454 g/mol. The predicted molar refractivity (Wildman–Crippen MR) is 118 cm³/mol. The second-order valence-corrected chi connectivity index (χ2v) is 9.79. The first-order valence-electron chi connectivity index (χ1n) is 11.0. The van der Waals surface area contributed by atoms with Crippen molar-refractivity contribution in [2.75, 3.05) is 26.2 Å². The van der Waals surface area contributed by atoms with Crippen molar-refractivity contribution in [1.29, 1.82) is 0 Å². The quantitative estimate of drug-likeness (QED) is 0.628. The topological polar surface area (TPSA) is 118 Å². The Morgan fingerprint density at radius 3 is 2.45 bits per heavy atom. The van der Waals surface area contributed by atoms with Crippen LogP contribution in [0.4, 0.5) is 4.79 Å². The highest BCUT2D eigenvalue weighted by molar-refractivity contribution is 5.95. The maximum absolute atomic E-state index is 13.3. The van der Waals surface area contributed by atoms with Crippen molar-refractivity contribution in [3.63, 3.8) is 0 Å². The summed E-state index contributed by atoms with van der Waals surface area (Å²) in [4.78, 5) is 44.2. The Bertz CT molecular complexity index is 1280. The third-order valence-electron chi connectivity index (χ3n) is 6.25. The third kappa shape index (κ3) is 3.77. The number of aromatic amines is 1. The number of rotatable bonds is 2. The van der Waals surface area contributed by atoms with Crippen molar-refractivity contribution in [2.45, 2.75) is 33.3 Å². The van der Waals surface area contributed by atoms with E-state index in [4.69, 9.17) is 4.74 Å². The van der Waals surface area contributed by atoms with Gasteiger partial charge in [-0.3, -0.25) is 14.6 Å². The molecular formula is C22H27N7O4. The summed E-state index contributed by atoms with van der Waals surface area (Å²) in [6, 6.07) is 3.41. The Hall–Kier alpha value is -3.63. The molecule has 2 saturated heterocycles. The van der Waals surface area contributed by atoms with Gasteiger partial charge in [0.25, 0.3) is 11.5 Å². The summed E-state index contributed by atoms with van der Waals surface area (Å²) < 4.78 is 8.43. The first kappa shape index (κ1) is 21.2. The van der Waals surface area contributed by atoms with Crippen LogP contribution in [-0.2, 0) is 4.74 Å². The van der Waals surface area contributed by atoms with E-state index < -0.39 is 5.60 Å². The second kappa shape index (κ2) is 7.46. The van der Waals surface area contributed by atoms with E-state index in [-0.39, 0.29) is 35.3 Å². The fourth-order valence-electron chi connectivity index (χ4n) is 4.67. The smallest absolute Gasteiger partial charge is 0.410 e. The van der Waals surface area contributed by atoms with Crippen molar-refractivity contribution in [1.82, 2.24) is 34.2 Å². The summed E-state index contributed by atoms with van der Waals surface area (Å²) in [7, 11) is 0. The highest BCUT2D eigenvalue weighted by Gasteiger charge is 2.44. The number of nitrogens with zero attached hydrogens (tertiary/aromatic N) is 6. The minimum atomic E-state index is -0.528. The summed E-state index contributed by atoms with van der Waals surface area (Å²) in [6.45, 7) is 9.68. The summed E-state index contributed by atoms with van der Waals surface area (Å²) >= 11 is 0. The molecule has 0 saturated carbocycles. The van der Waals surface area contributed by atoms with Gasteiger partial charge in [-0.2, -0.15) is 5.10 Å². The van der Waals surface area contributed by atoms with Crippen LogP contribution < -0.4 is 5.56 Å². The Morgan fingerprint density at radius 1 is 1.12 bits per heavy atom. The normalized spacial score (nSPS) is 20.5. The predicted octanol–water partition coefficient (Wildman–Crippen LogP) is 1.46. The molecule has 1 N–H and O–H groups in total. The highest BCUT2D eigenvalue weighted by Crippen LogP contribution is 2.33. The number of ether oxygens (including phenoxy) is 1. The van der Waals surface area contributed by atoms with Crippen LogP contribution in [-0.4, -0.2) is 78.0 Å². The Labute approximate surface area is 189 Å². The van der Waals surface area contributed by atoms with E-state index in [0.717, 1.165) is 0 Å². The zero-order valence-corrected chi connectivity index (χ0v) is 19.1. The van der Waals surface area contributed by atoms with Gasteiger partial charge in [0, 0.05) is 44.2 Å². The van der Waals surface area contributed by atoms with Crippen LogP contribution in [0.5, 0.6) is 0 Å². The van der Waals surface area contributed by atoms with E-state index in [1.54, 1.807) is 30.2 Å². The number of hydrogen-bond acceptors (Lipinski definition) is 6. The molecule has 5 heterocycles. The molecular weight excluding hydrogens is 426 g/mol. The van der Waals surface area contributed by atoms with Crippen molar-refractivity contribution in [3.05, 3.63) is 46.1 Å². The Balaban J connectivity index is 1.30. The van der Waals surface area contributed by atoms with E-state index >= 15 is 0 Å². The zero-order valence-electron chi connectivity index (χ0n) is 19.1. The van der Waals surface area contributed by atoms with E-state index in [2.05, 4.69) is 15.2 Å². The fourth-order valence-corrected chi connectivity index (χ4v) is 4.67. The number of carbonyl (C=O) groups excluding carboxylic acids is 2. The van der Waals surface area contributed by atoms with E-state index in [9.17, 15) is 14.4 Å². The molecule has 2 fully saturated rings. The number of amides is 2. The molecule has 2 amide bonds. The summed E-state index contributed by atoms with van der Waals surface area (Å²) in [6.07, 6.45) is 2.90. The van der Waals surface area contributed by atoms with Crippen LogP contribution in [0.25, 0.3) is 11.5 Å². The van der Waals surface area contributed by atoms with Crippen molar-refractivity contribution < 1.29 is 14.3 Å². The summed E-state index contributed by atoms with van der Waals surface area (Å²) in [5.41, 5.74) is 0.689. The molecule has 174 valence electrons. The van der Waals surface area contributed by atoms with Crippen molar-refractivity contribution in [2.24, 2.45) is 11.8 Å². The molecule has 0 bridgehead atoms. The number of hydrogen-bond donors (Lipinski definition) is 1. The molecule has 0 aromatic carbocycles.